The van der Waals surface area contributed by atoms with Gasteiger partial charge in [-0.2, -0.15) is 0 Å². The Labute approximate surface area is 610 Å². The van der Waals surface area contributed by atoms with Crippen molar-refractivity contribution in [3.8, 4) is 0 Å². The summed E-state index contributed by atoms with van der Waals surface area (Å²) in [5, 5.41) is 253. The second-order valence-electron chi connectivity index (χ2n) is 32.4. The summed E-state index contributed by atoms with van der Waals surface area (Å²) in [6.07, 6.45) is -58.6. The summed E-state index contributed by atoms with van der Waals surface area (Å²) in [5.74, 6) is -1.18. The average molecular weight is 1540 g/mol. The number of rotatable bonds is 23. The van der Waals surface area contributed by atoms with E-state index in [9.17, 15) is 117 Å². The molecule has 0 spiro atoms. The Balaban J connectivity index is 0.717. The van der Waals surface area contributed by atoms with Gasteiger partial charge in [-0.1, -0.05) is 27.7 Å². The highest BCUT2D eigenvalue weighted by Crippen LogP contribution is 2.71. The van der Waals surface area contributed by atoms with Gasteiger partial charge in [-0.15, -0.1) is 0 Å². The number of fused-ring (bicyclic) bond motifs is 7. The summed E-state index contributed by atoms with van der Waals surface area (Å²) < 4.78 is 89.7. The lowest BCUT2D eigenvalue weighted by Gasteiger charge is -2.62. The molecule has 0 aromatic heterocycles. The van der Waals surface area contributed by atoms with Gasteiger partial charge < -0.3 is 189 Å². The van der Waals surface area contributed by atoms with Crippen LogP contribution in [-0.4, -0.2) is 397 Å². The zero-order chi connectivity index (χ0) is 76.8. The molecule has 38 heteroatoms. The normalized spacial score (nSPS) is 55.9. The molecule has 4 saturated carbocycles. The lowest BCUT2D eigenvalue weighted by Crippen LogP contribution is -2.68. The van der Waals surface area contributed by atoms with Crippen molar-refractivity contribution >= 4 is 0 Å². The summed E-state index contributed by atoms with van der Waals surface area (Å²) in [6.45, 7) is 5.03. The third kappa shape index (κ3) is 15.8. The number of aliphatic hydroxyl groups is 23. The SMILES string of the molecule is C[C@@H](CCC1(O)O[C@H]2C[C@H]3[C@@H]4CC[C@H]5C[C@@H](O[C@@H]6O[C@H](CO)[C@@H](O[C@@H]7O[C@H](CO)[C@@H](O)[C@H](O[C@@H]8O[C@H](CO[C@@H]9O[C@H](CO)[C@@H](O)[C@H](O)[C@H]9O)[C@@H](O[C@@H]9OC[C@@H](O)[C@H](O)[C@H]9O)[C@H](O)[C@H]8O)[C@H]7O)[C@H](O)[C@H]6O[C@@H]6O[C@@H](C)[C@H](O)[C@@H](O)[C@H]6O)[C@H](O)C[C@]5(C)[C@H]4CC[C@]3(C)[C@H]2[C@@H]1C)CO[C@@H]1O[C@H](CO)[C@@H](O)[C@H](O)[C@H]1O. The first-order chi connectivity index (χ1) is 50.1. The summed E-state index contributed by atoms with van der Waals surface area (Å²) >= 11 is 0. The van der Waals surface area contributed by atoms with Crippen molar-refractivity contribution in [1.29, 1.82) is 0 Å². The fourth-order valence-electron chi connectivity index (χ4n) is 19.7. The Hall–Kier alpha value is -1.52. The molecule has 4 aliphatic carbocycles. The second-order valence-corrected chi connectivity index (χ2v) is 32.4. The van der Waals surface area contributed by atoms with Crippen molar-refractivity contribution < 1.29 is 189 Å². The van der Waals surface area contributed by atoms with Crippen LogP contribution in [0.5, 0.6) is 0 Å². The van der Waals surface area contributed by atoms with Crippen molar-refractivity contribution in [2.75, 3.05) is 46.2 Å². The molecule has 0 amide bonds. The second kappa shape index (κ2) is 33.7. The van der Waals surface area contributed by atoms with Crippen molar-refractivity contribution in [3.05, 3.63) is 0 Å². The molecule has 12 rings (SSSR count). The van der Waals surface area contributed by atoms with Crippen molar-refractivity contribution in [2.45, 2.75) is 325 Å². The van der Waals surface area contributed by atoms with Gasteiger partial charge >= 0.3 is 0 Å². The molecule has 0 aromatic carbocycles. The van der Waals surface area contributed by atoms with E-state index in [-0.39, 0.29) is 72.4 Å². The first-order valence-corrected chi connectivity index (χ1v) is 37.3. The highest BCUT2D eigenvalue weighted by Gasteiger charge is 2.69. The van der Waals surface area contributed by atoms with E-state index in [4.69, 9.17) is 71.1 Å². The van der Waals surface area contributed by atoms with E-state index < -0.39 is 272 Å². The standard InChI is InChI=1S/C68H114O38/c1-22(19-92-59-49(85)45(81)41(77)33(15-69)97-59)8-11-68(91)23(2)38-32(106-68)13-28-26-7-6-25-12-31(29(73)14-67(25,5)27(26)9-10-66(28,38)4)96-65-58(105-62-51(87)44(80)39(75)24(3)95-62)53(89)55(36(18-72)100-65)103-64-54(90)57(43(79)35(17-71)99-64)104-63-52(88)47(83)56(102-61-48(84)40(76)30(74)20-93-61)37(101-63)21-94-60-50(86)46(82)42(78)34(16-70)98-60/h22-65,69-91H,6-21H2,1-5H3/t22-,23-,24-,25-,26+,27-,28-,29+,30+,31+,32-,33+,34+,35+,36+,37+,38-,39-,40-,41+,42+,43+,44+,45-,46-,47+,48+,49+,50+,51+,52+,53-,54+,55+,56+,57-,58+,59+,60+,61-,62-,63-,64-,65+,66-,67-,68?/m0/s1. The number of hydrogen-bond donors (Lipinski definition) is 23. The molecular formula is C68H114O38. The van der Waals surface area contributed by atoms with Crippen LogP contribution in [0.1, 0.15) is 92.4 Å². The van der Waals surface area contributed by atoms with Crippen molar-refractivity contribution in [1.82, 2.24) is 0 Å². The number of aliphatic hydroxyl groups excluding tert-OH is 22. The summed E-state index contributed by atoms with van der Waals surface area (Å²) in [4.78, 5) is 0. The molecule has 38 nitrogen and oxygen atoms in total. The Morgan fingerprint density at radius 1 is 0.434 bits per heavy atom. The van der Waals surface area contributed by atoms with Crippen LogP contribution in [0.25, 0.3) is 0 Å². The molecule has 8 heterocycles. The molecule has 8 aliphatic heterocycles. The van der Waals surface area contributed by atoms with Gasteiger partial charge in [0.1, 0.15) is 159 Å². The molecule has 1 unspecified atom stereocenters. The van der Waals surface area contributed by atoms with Gasteiger partial charge in [0.05, 0.1) is 70.7 Å². The van der Waals surface area contributed by atoms with Crippen LogP contribution in [0.4, 0.5) is 0 Å². The molecule has 12 fully saturated rings. The highest BCUT2D eigenvalue weighted by molar-refractivity contribution is 5.16. The van der Waals surface area contributed by atoms with Gasteiger partial charge in [0.25, 0.3) is 0 Å². The minimum Gasteiger partial charge on any atom is -0.394 e. The molecule has 8 saturated heterocycles. The minimum atomic E-state index is -2.26. The Morgan fingerprint density at radius 2 is 0.953 bits per heavy atom. The largest absolute Gasteiger partial charge is 0.394 e. The van der Waals surface area contributed by atoms with Gasteiger partial charge in [0, 0.05) is 12.3 Å². The summed E-state index contributed by atoms with van der Waals surface area (Å²) in [6, 6.07) is 0. The maximum absolute atomic E-state index is 12.6. The van der Waals surface area contributed by atoms with Crippen molar-refractivity contribution in [3.63, 3.8) is 0 Å². The third-order valence-corrected chi connectivity index (χ3v) is 26.0. The molecule has 614 valence electrons. The number of hydrogen-bond acceptors (Lipinski definition) is 38. The van der Waals surface area contributed by atoms with E-state index in [1.807, 2.05) is 13.8 Å². The topological polar surface area (TPSA) is 604 Å². The summed E-state index contributed by atoms with van der Waals surface area (Å²) in [7, 11) is 0. The smallest absolute Gasteiger partial charge is 0.187 e. The lowest BCUT2D eigenvalue weighted by atomic mass is 9.44. The van der Waals surface area contributed by atoms with Crippen LogP contribution in [0.15, 0.2) is 0 Å². The fourth-order valence-corrected chi connectivity index (χ4v) is 19.7. The Bertz CT molecular complexity index is 2810. The van der Waals surface area contributed by atoms with E-state index in [0.29, 0.717) is 12.8 Å². The van der Waals surface area contributed by atoms with Gasteiger partial charge in [0.2, 0.25) is 0 Å². The third-order valence-electron chi connectivity index (χ3n) is 26.0. The number of ether oxygens (including phenoxy) is 15. The minimum absolute atomic E-state index is 0.0299. The van der Waals surface area contributed by atoms with Crippen LogP contribution in [0.2, 0.25) is 0 Å². The van der Waals surface area contributed by atoms with Crippen LogP contribution < -0.4 is 0 Å². The lowest BCUT2D eigenvalue weighted by molar-refractivity contribution is -0.401. The molecule has 23 N–H and O–H groups in total. The van der Waals surface area contributed by atoms with Gasteiger partial charge in [-0.3, -0.25) is 0 Å². The Morgan fingerprint density at radius 3 is 1.60 bits per heavy atom. The monoisotopic (exact) mass is 1540 g/mol. The first-order valence-electron chi connectivity index (χ1n) is 37.3. The summed E-state index contributed by atoms with van der Waals surface area (Å²) in [5.41, 5.74) is -0.607. The molecular weight excluding hydrogens is 1420 g/mol. The predicted octanol–water partition coefficient (Wildman–Crippen LogP) is -9.84. The highest BCUT2D eigenvalue weighted by atomic mass is 16.8. The molecule has 106 heavy (non-hydrogen) atoms. The van der Waals surface area contributed by atoms with Crippen LogP contribution in [0, 0.1) is 52.3 Å². The molecule has 0 aromatic rings. The first kappa shape index (κ1) is 83.9. The van der Waals surface area contributed by atoms with E-state index in [1.165, 1.54) is 6.92 Å². The molecule has 0 bridgehead atoms. The van der Waals surface area contributed by atoms with E-state index in [0.717, 1.165) is 32.1 Å². The van der Waals surface area contributed by atoms with E-state index in [1.54, 1.807) is 0 Å². The van der Waals surface area contributed by atoms with Gasteiger partial charge in [-0.05, 0) is 105 Å². The molecule has 12 aliphatic rings. The van der Waals surface area contributed by atoms with Crippen LogP contribution in [0.3, 0.4) is 0 Å². The maximum Gasteiger partial charge on any atom is 0.187 e. The van der Waals surface area contributed by atoms with Crippen LogP contribution >= 0.6 is 0 Å². The quantitative estimate of drug-likeness (QED) is 0.0423. The van der Waals surface area contributed by atoms with Crippen molar-refractivity contribution in [2.24, 2.45) is 52.3 Å². The van der Waals surface area contributed by atoms with Gasteiger partial charge in [-0.25, -0.2) is 0 Å². The zero-order valence-electron chi connectivity index (χ0n) is 59.6. The van der Waals surface area contributed by atoms with E-state index in [2.05, 4.69) is 13.8 Å². The molecule has 47 atom stereocenters. The Kier molecular flexibility index (Phi) is 26.7. The van der Waals surface area contributed by atoms with Gasteiger partial charge in [0.15, 0.2) is 49.8 Å². The maximum atomic E-state index is 12.6. The average Bonchev–Trinajstić information content (AvgIpc) is 1.47. The zero-order valence-corrected chi connectivity index (χ0v) is 59.6. The molecule has 0 radical (unpaired) electrons. The predicted molar refractivity (Wildman–Crippen MR) is 343 cm³/mol. The van der Waals surface area contributed by atoms with E-state index >= 15 is 0 Å². The fraction of sp³-hybridized carbons (Fsp3) is 1.00. The van der Waals surface area contributed by atoms with Crippen LogP contribution in [-0.2, 0) is 71.1 Å².